The first-order valence-electron chi connectivity index (χ1n) is 8.52. The predicted octanol–water partition coefficient (Wildman–Crippen LogP) is 3.68. The Labute approximate surface area is 158 Å². The molecule has 0 heterocycles. The number of benzene rings is 2. The smallest absolute Gasteiger partial charge is 0.337 e. The van der Waals surface area contributed by atoms with Crippen molar-refractivity contribution in [3.8, 4) is 0 Å². The Kier molecular flexibility index (Phi) is 7.96. The minimum Gasteiger partial charge on any atom is -0.465 e. The maximum atomic E-state index is 11.9. The number of hydrogen-bond donors (Lipinski definition) is 2. The SMILES string of the molecule is COC(=O)c1ccc(Cl)c(NCCC(=O)NCCCc2ccccc2)c1. The third-order valence-electron chi connectivity index (χ3n) is 3.86. The molecule has 1 amide bonds. The Bertz CT molecular complexity index is 735. The van der Waals surface area contributed by atoms with Crippen molar-refractivity contribution in [3.63, 3.8) is 0 Å². The van der Waals surface area contributed by atoms with Crippen molar-refractivity contribution in [2.24, 2.45) is 0 Å². The van der Waals surface area contributed by atoms with Gasteiger partial charge in [-0.15, -0.1) is 0 Å². The molecule has 0 aromatic heterocycles. The molecular weight excluding hydrogens is 352 g/mol. The highest BCUT2D eigenvalue weighted by atomic mass is 35.5. The summed E-state index contributed by atoms with van der Waals surface area (Å²) in [5.74, 6) is -0.452. The summed E-state index contributed by atoms with van der Waals surface area (Å²) in [5.41, 5.74) is 2.28. The molecule has 0 bridgehead atoms. The van der Waals surface area contributed by atoms with Gasteiger partial charge in [-0.2, -0.15) is 0 Å². The average molecular weight is 375 g/mol. The molecular formula is C20H23ClN2O3. The van der Waals surface area contributed by atoms with E-state index in [4.69, 9.17) is 11.6 Å². The number of nitrogens with one attached hydrogen (secondary N) is 2. The molecule has 0 aliphatic rings. The van der Waals surface area contributed by atoms with Gasteiger partial charge in [-0.25, -0.2) is 4.79 Å². The van der Waals surface area contributed by atoms with Crippen LogP contribution in [0.3, 0.4) is 0 Å². The fraction of sp³-hybridized carbons (Fsp3) is 0.300. The highest BCUT2D eigenvalue weighted by Crippen LogP contribution is 2.23. The summed E-state index contributed by atoms with van der Waals surface area (Å²) in [6, 6.07) is 15.0. The molecule has 0 saturated carbocycles. The summed E-state index contributed by atoms with van der Waals surface area (Å²) in [5, 5.41) is 6.47. The topological polar surface area (TPSA) is 67.4 Å². The minimum absolute atomic E-state index is 0.0224. The largest absolute Gasteiger partial charge is 0.465 e. The van der Waals surface area contributed by atoms with Crippen LogP contribution in [-0.2, 0) is 16.0 Å². The quantitative estimate of drug-likeness (QED) is 0.519. The standard InChI is InChI=1S/C20H23ClN2O3/c1-26-20(25)16-9-10-17(21)18(14-16)22-13-11-19(24)23-12-5-8-15-6-3-2-4-7-15/h2-4,6-7,9-10,14,22H,5,8,11-13H2,1H3,(H,23,24). The second-order valence-corrected chi connectivity index (χ2v) is 6.21. The molecule has 0 radical (unpaired) electrons. The number of carbonyl (C=O) groups is 2. The number of anilines is 1. The van der Waals surface area contributed by atoms with Crippen molar-refractivity contribution in [2.75, 3.05) is 25.5 Å². The van der Waals surface area contributed by atoms with Crippen molar-refractivity contribution >= 4 is 29.2 Å². The zero-order valence-corrected chi connectivity index (χ0v) is 15.5. The fourth-order valence-electron chi connectivity index (χ4n) is 2.47. The van der Waals surface area contributed by atoms with Crippen LogP contribution in [0.25, 0.3) is 0 Å². The molecule has 0 fully saturated rings. The Morgan fingerprint density at radius 1 is 1.08 bits per heavy atom. The molecule has 2 rings (SSSR count). The Morgan fingerprint density at radius 2 is 1.85 bits per heavy atom. The predicted molar refractivity (Wildman–Crippen MR) is 104 cm³/mol. The van der Waals surface area contributed by atoms with Crippen LogP contribution in [0.4, 0.5) is 5.69 Å². The molecule has 2 N–H and O–H groups in total. The molecule has 2 aromatic carbocycles. The van der Waals surface area contributed by atoms with Gasteiger partial charge in [0.25, 0.3) is 0 Å². The average Bonchev–Trinajstić information content (AvgIpc) is 2.67. The van der Waals surface area contributed by atoms with E-state index in [-0.39, 0.29) is 5.91 Å². The first-order valence-corrected chi connectivity index (χ1v) is 8.90. The first-order chi connectivity index (χ1) is 12.6. The van der Waals surface area contributed by atoms with Gasteiger partial charge in [0.15, 0.2) is 0 Å². The highest BCUT2D eigenvalue weighted by molar-refractivity contribution is 6.33. The van der Waals surface area contributed by atoms with E-state index in [1.807, 2.05) is 18.2 Å². The monoisotopic (exact) mass is 374 g/mol. The van der Waals surface area contributed by atoms with Crippen LogP contribution in [-0.4, -0.2) is 32.1 Å². The van der Waals surface area contributed by atoms with Crippen molar-refractivity contribution in [1.82, 2.24) is 5.32 Å². The number of carbonyl (C=O) groups excluding carboxylic acids is 2. The first kappa shape index (κ1) is 19.8. The molecule has 2 aromatic rings. The number of methoxy groups -OCH3 is 1. The summed E-state index contributed by atoms with van der Waals surface area (Å²) in [6.07, 6.45) is 2.16. The second kappa shape index (κ2) is 10.5. The van der Waals surface area contributed by atoms with Crippen LogP contribution < -0.4 is 10.6 Å². The molecule has 6 heteroatoms. The van der Waals surface area contributed by atoms with E-state index in [9.17, 15) is 9.59 Å². The lowest BCUT2D eigenvalue weighted by Gasteiger charge is -2.10. The molecule has 138 valence electrons. The number of hydrogen-bond acceptors (Lipinski definition) is 4. The molecule has 0 saturated heterocycles. The van der Waals surface area contributed by atoms with E-state index in [2.05, 4.69) is 27.5 Å². The van der Waals surface area contributed by atoms with E-state index in [0.717, 1.165) is 12.8 Å². The lowest BCUT2D eigenvalue weighted by atomic mass is 10.1. The molecule has 0 aliphatic heterocycles. The third-order valence-corrected chi connectivity index (χ3v) is 4.19. The zero-order chi connectivity index (χ0) is 18.8. The third kappa shape index (κ3) is 6.41. The zero-order valence-electron chi connectivity index (χ0n) is 14.8. The molecule has 5 nitrogen and oxygen atoms in total. The van der Waals surface area contributed by atoms with Gasteiger partial charge in [-0.1, -0.05) is 41.9 Å². The van der Waals surface area contributed by atoms with Crippen molar-refractivity contribution < 1.29 is 14.3 Å². The lowest BCUT2D eigenvalue weighted by molar-refractivity contribution is -0.120. The number of aryl methyl sites for hydroxylation is 1. The van der Waals surface area contributed by atoms with E-state index < -0.39 is 5.97 Å². The minimum atomic E-state index is -0.430. The second-order valence-electron chi connectivity index (χ2n) is 5.80. The van der Waals surface area contributed by atoms with Crippen LogP contribution in [0.1, 0.15) is 28.8 Å². The Morgan fingerprint density at radius 3 is 2.58 bits per heavy atom. The van der Waals surface area contributed by atoms with Crippen LogP contribution >= 0.6 is 11.6 Å². The van der Waals surface area contributed by atoms with Crippen LogP contribution in [0.2, 0.25) is 5.02 Å². The normalized spacial score (nSPS) is 10.2. The lowest BCUT2D eigenvalue weighted by Crippen LogP contribution is -2.26. The van der Waals surface area contributed by atoms with Gasteiger partial charge >= 0.3 is 5.97 Å². The summed E-state index contributed by atoms with van der Waals surface area (Å²) >= 11 is 6.10. The number of halogens is 1. The van der Waals surface area contributed by atoms with Gasteiger partial charge in [-0.3, -0.25) is 4.79 Å². The number of esters is 1. The number of ether oxygens (including phenoxy) is 1. The van der Waals surface area contributed by atoms with E-state index in [1.54, 1.807) is 18.2 Å². The van der Waals surface area contributed by atoms with Gasteiger partial charge < -0.3 is 15.4 Å². The van der Waals surface area contributed by atoms with Gasteiger partial charge in [-0.05, 0) is 36.6 Å². The van der Waals surface area contributed by atoms with Crippen molar-refractivity contribution in [3.05, 3.63) is 64.7 Å². The van der Waals surface area contributed by atoms with E-state index >= 15 is 0 Å². The molecule has 26 heavy (non-hydrogen) atoms. The molecule has 0 atom stereocenters. The maximum absolute atomic E-state index is 11.9. The van der Waals surface area contributed by atoms with Crippen LogP contribution in [0.5, 0.6) is 0 Å². The van der Waals surface area contributed by atoms with Crippen molar-refractivity contribution in [1.29, 1.82) is 0 Å². The summed E-state index contributed by atoms with van der Waals surface area (Å²) < 4.78 is 4.69. The van der Waals surface area contributed by atoms with Crippen LogP contribution in [0.15, 0.2) is 48.5 Å². The molecule has 0 unspecified atom stereocenters. The Balaban J connectivity index is 1.69. The van der Waals surface area contributed by atoms with Gasteiger partial charge in [0.1, 0.15) is 0 Å². The van der Waals surface area contributed by atoms with E-state index in [1.165, 1.54) is 12.7 Å². The highest BCUT2D eigenvalue weighted by Gasteiger charge is 2.09. The van der Waals surface area contributed by atoms with E-state index in [0.29, 0.717) is 35.8 Å². The van der Waals surface area contributed by atoms with Crippen molar-refractivity contribution in [2.45, 2.75) is 19.3 Å². The summed E-state index contributed by atoms with van der Waals surface area (Å²) in [7, 11) is 1.33. The van der Waals surface area contributed by atoms with Crippen LogP contribution in [0, 0.1) is 0 Å². The fourth-order valence-corrected chi connectivity index (χ4v) is 2.65. The summed E-state index contributed by atoms with van der Waals surface area (Å²) in [4.78, 5) is 23.4. The van der Waals surface area contributed by atoms with Gasteiger partial charge in [0.2, 0.25) is 5.91 Å². The molecule has 0 aliphatic carbocycles. The number of rotatable bonds is 9. The Hall–Kier alpha value is -2.53. The number of amides is 1. The molecule has 0 spiro atoms. The summed E-state index contributed by atoms with van der Waals surface area (Å²) in [6.45, 7) is 1.07. The van der Waals surface area contributed by atoms with Gasteiger partial charge in [0, 0.05) is 19.5 Å². The maximum Gasteiger partial charge on any atom is 0.337 e. The van der Waals surface area contributed by atoms with Gasteiger partial charge in [0.05, 0.1) is 23.4 Å².